The minimum absolute atomic E-state index is 0.148. The Morgan fingerprint density at radius 1 is 1.14 bits per heavy atom. The van der Waals surface area contributed by atoms with E-state index in [-0.39, 0.29) is 12.0 Å². The van der Waals surface area contributed by atoms with Gasteiger partial charge in [-0.3, -0.25) is 9.79 Å². The van der Waals surface area contributed by atoms with E-state index in [1.165, 1.54) is 0 Å². The molecule has 1 aromatic heterocycles. The highest BCUT2D eigenvalue weighted by Gasteiger charge is 2.43. The number of nitrogens with zero attached hydrogens (tertiary/aromatic N) is 3. The van der Waals surface area contributed by atoms with Gasteiger partial charge in [-0.15, -0.1) is 0 Å². The number of esters is 1. The quantitative estimate of drug-likeness (QED) is 0.271. The summed E-state index contributed by atoms with van der Waals surface area (Å²) in [6.07, 6.45) is 2.01. The average molecular weight is 522 g/mol. The zero-order valence-electron chi connectivity index (χ0n) is 21.2. The Hall–Kier alpha value is -2.22. The molecule has 7 nitrogen and oxygen atoms in total. The van der Waals surface area contributed by atoms with Crippen LogP contribution >= 0.6 is 23.2 Å². The van der Waals surface area contributed by atoms with Crippen LogP contribution in [-0.4, -0.2) is 41.6 Å². The number of hydrogen-bond donors (Lipinski definition) is 0. The van der Waals surface area contributed by atoms with Gasteiger partial charge in [0.05, 0.1) is 16.7 Å². The maximum atomic E-state index is 13.4. The summed E-state index contributed by atoms with van der Waals surface area (Å²) in [5.41, 5.74) is 2.26. The molecule has 0 bridgehead atoms. The number of hydrogen-bond acceptors (Lipinski definition) is 7. The van der Waals surface area contributed by atoms with Crippen molar-refractivity contribution in [2.75, 3.05) is 19.8 Å². The SMILES string of the molecule is CCCCOCCOC(=O)C1C(C)=NC(C)=C(c2nc(C(C)(C)C)no2)C1c1cccc(Cl)c1Cl. The fourth-order valence-corrected chi connectivity index (χ4v) is 4.42. The average Bonchev–Trinajstić information content (AvgIpc) is 3.28. The molecule has 35 heavy (non-hydrogen) atoms. The van der Waals surface area contributed by atoms with Gasteiger partial charge in [-0.25, -0.2) is 0 Å². The molecular formula is C26H33Cl2N3O4. The van der Waals surface area contributed by atoms with Gasteiger partial charge in [-0.1, -0.05) is 74.6 Å². The molecule has 0 N–H and O–H groups in total. The maximum Gasteiger partial charge on any atom is 0.315 e. The van der Waals surface area contributed by atoms with Crippen LogP contribution < -0.4 is 0 Å². The number of carbonyl (C=O) groups is 1. The number of benzene rings is 1. The second-order valence-corrected chi connectivity index (χ2v) is 10.4. The predicted molar refractivity (Wildman–Crippen MR) is 138 cm³/mol. The zero-order chi connectivity index (χ0) is 25.8. The summed E-state index contributed by atoms with van der Waals surface area (Å²) in [7, 11) is 0. The van der Waals surface area contributed by atoms with Crippen LogP contribution in [0.15, 0.2) is 33.4 Å². The molecule has 0 aliphatic carbocycles. The lowest BCUT2D eigenvalue weighted by Gasteiger charge is -2.31. The molecule has 0 radical (unpaired) electrons. The van der Waals surface area contributed by atoms with Crippen molar-refractivity contribution in [3.63, 3.8) is 0 Å². The molecule has 190 valence electrons. The number of unbranched alkanes of at least 4 members (excludes halogenated alkanes) is 1. The number of rotatable bonds is 9. The van der Waals surface area contributed by atoms with Gasteiger partial charge < -0.3 is 14.0 Å². The maximum absolute atomic E-state index is 13.4. The first-order chi connectivity index (χ1) is 16.6. The van der Waals surface area contributed by atoms with Crippen LogP contribution in [0.3, 0.4) is 0 Å². The first kappa shape index (κ1) is 27.4. The van der Waals surface area contributed by atoms with Crippen LogP contribution in [-0.2, 0) is 19.7 Å². The molecule has 0 amide bonds. The fourth-order valence-electron chi connectivity index (χ4n) is 3.99. The summed E-state index contributed by atoms with van der Waals surface area (Å²) >= 11 is 13.0. The fraction of sp³-hybridized carbons (Fsp3) is 0.538. The smallest absolute Gasteiger partial charge is 0.315 e. The highest BCUT2D eigenvalue weighted by atomic mass is 35.5. The van der Waals surface area contributed by atoms with Gasteiger partial charge in [0.25, 0.3) is 5.89 Å². The third-order valence-corrected chi connectivity index (χ3v) is 6.67. The van der Waals surface area contributed by atoms with E-state index in [4.69, 9.17) is 37.2 Å². The zero-order valence-corrected chi connectivity index (χ0v) is 22.7. The lowest BCUT2D eigenvalue weighted by Crippen LogP contribution is -2.34. The Kier molecular flexibility index (Phi) is 9.13. The molecule has 2 heterocycles. The Morgan fingerprint density at radius 2 is 1.89 bits per heavy atom. The van der Waals surface area contributed by atoms with Gasteiger partial charge in [0.15, 0.2) is 5.82 Å². The van der Waals surface area contributed by atoms with Crippen LogP contribution in [0.1, 0.15) is 77.6 Å². The molecule has 2 unspecified atom stereocenters. The van der Waals surface area contributed by atoms with E-state index in [1.807, 2.05) is 40.7 Å². The molecule has 1 aliphatic heterocycles. The molecule has 3 rings (SSSR count). The van der Waals surface area contributed by atoms with Crippen molar-refractivity contribution in [3.8, 4) is 0 Å². The molecule has 9 heteroatoms. The molecule has 0 saturated carbocycles. The lowest BCUT2D eigenvalue weighted by molar-refractivity contribution is -0.148. The molecule has 2 aromatic rings. The van der Waals surface area contributed by atoms with E-state index in [0.717, 1.165) is 12.8 Å². The Labute approximate surface area is 216 Å². The highest BCUT2D eigenvalue weighted by molar-refractivity contribution is 6.42. The summed E-state index contributed by atoms with van der Waals surface area (Å²) in [4.78, 5) is 22.7. The minimum atomic E-state index is -0.745. The highest BCUT2D eigenvalue weighted by Crippen LogP contribution is 2.47. The molecule has 2 atom stereocenters. The monoisotopic (exact) mass is 521 g/mol. The van der Waals surface area contributed by atoms with Crippen LogP contribution in [0.25, 0.3) is 5.57 Å². The van der Waals surface area contributed by atoms with Crippen LogP contribution in [0.4, 0.5) is 0 Å². The van der Waals surface area contributed by atoms with Crippen molar-refractivity contribution in [3.05, 3.63) is 51.2 Å². The van der Waals surface area contributed by atoms with Crippen molar-refractivity contribution in [2.45, 2.75) is 65.7 Å². The molecule has 1 aliphatic rings. The van der Waals surface area contributed by atoms with Crippen LogP contribution in [0.5, 0.6) is 0 Å². The van der Waals surface area contributed by atoms with Gasteiger partial charge in [-0.2, -0.15) is 4.98 Å². The van der Waals surface area contributed by atoms with E-state index in [0.29, 0.717) is 57.5 Å². The van der Waals surface area contributed by atoms with Gasteiger partial charge in [0, 0.05) is 34.9 Å². The van der Waals surface area contributed by atoms with Crippen molar-refractivity contribution in [2.24, 2.45) is 10.9 Å². The number of allylic oxidation sites excluding steroid dienone is 2. The normalized spacial score (nSPS) is 18.6. The Balaban J connectivity index is 2.02. The lowest BCUT2D eigenvalue weighted by atomic mass is 9.75. The summed E-state index contributed by atoms with van der Waals surface area (Å²) in [5, 5.41) is 4.92. The van der Waals surface area contributed by atoms with E-state index < -0.39 is 17.8 Å². The molecule has 0 saturated heterocycles. The second kappa shape index (κ2) is 11.7. The second-order valence-electron chi connectivity index (χ2n) is 9.66. The summed E-state index contributed by atoms with van der Waals surface area (Å²) in [6, 6.07) is 5.36. The Bertz CT molecular complexity index is 1120. The van der Waals surface area contributed by atoms with Crippen molar-refractivity contribution < 1.29 is 18.8 Å². The van der Waals surface area contributed by atoms with Crippen molar-refractivity contribution >= 4 is 40.5 Å². The van der Waals surface area contributed by atoms with Crippen molar-refractivity contribution in [1.29, 1.82) is 0 Å². The number of carbonyl (C=O) groups excluding carboxylic acids is 1. The topological polar surface area (TPSA) is 86.8 Å². The molecule has 1 aromatic carbocycles. The predicted octanol–water partition coefficient (Wildman–Crippen LogP) is 6.64. The summed E-state index contributed by atoms with van der Waals surface area (Å²) in [6.45, 7) is 12.9. The van der Waals surface area contributed by atoms with Crippen molar-refractivity contribution in [1.82, 2.24) is 10.1 Å². The van der Waals surface area contributed by atoms with E-state index >= 15 is 0 Å². The van der Waals surface area contributed by atoms with Gasteiger partial charge in [0.1, 0.15) is 12.5 Å². The number of ether oxygens (including phenoxy) is 2. The van der Waals surface area contributed by atoms with Gasteiger partial charge in [-0.05, 0) is 31.9 Å². The molecule has 0 fully saturated rings. The third-order valence-electron chi connectivity index (χ3n) is 5.84. The molecule has 0 spiro atoms. The van der Waals surface area contributed by atoms with Gasteiger partial charge >= 0.3 is 5.97 Å². The summed E-state index contributed by atoms with van der Waals surface area (Å²) < 4.78 is 16.8. The van der Waals surface area contributed by atoms with Crippen LogP contribution in [0.2, 0.25) is 10.0 Å². The number of halogens is 2. The first-order valence-corrected chi connectivity index (χ1v) is 12.6. The largest absolute Gasteiger partial charge is 0.463 e. The summed E-state index contributed by atoms with van der Waals surface area (Å²) in [5.74, 6) is -0.887. The Morgan fingerprint density at radius 3 is 2.54 bits per heavy atom. The van der Waals surface area contributed by atoms with E-state index in [9.17, 15) is 4.79 Å². The molecular weight excluding hydrogens is 489 g/mol. The van der Waals surface area contributed by atoms with Crippen LogP contribution in [0, 0.1) is 5.92 Å². The third kappa shape index (κ3) is 6.32. The van der Waals surface area contributed by atoms with Gasteiger partial charge in [0.2, 0.25) is 0 Å². The first-order valence-electron chi connectivity index (χ1n) is 11.8. The minimum Gasteiger partial charge on any atom is -0.463 e. The number of aromatic nitrogens is 2. The van der Waals surface area contributed by atoms with E-state index in [2.05, 4.69) is 22.1 Å². The standard InChI is InChI=1S/C26H33Cl2N3O4/c1-7-8-12-33-13-14-34-24(32)20-16(3)29-15(2)19(23-30-25(31-35-23)26(4,5)6)21(20)17-10-9-11-18(27)22(17)28/h9-11,20-21H,7-8,12-14H2,1-6H3. The number of aliphatic imine (C=N–C) groups is 1. The van der Waals surface area contributed by atoms with E-state index in [1.54, 1.807) is 12.1 Å².